The predicted octanol–water partition coefficient (Wildman–Crippen LogP) is 2.61. The lowest BCUT2D eigenvalue weighted by atomic mass is 10.1. The summed E-state index contributed by atoms with van der Waals surface area (Å²) >= 11 is 11.7. The first-order valence-electron chi connectivity index (χ1n) is 6.62. The smallest absolute Gasteiger partial charge is 0.251 e. The average molecular weight is 373 g/mol. The SMILES string of the molecule is NS(=O)(=O)c1ccc(CCNC(=O)c2ccc(Cl)c(Cl)c2)cc1. The molecule has 2 aromatic carbocycles. The van der Waals surface area contributed by atoms with Crippen molar-refractivity contribution in [3.63, 3.8) is 0 Å². The third-order valence-electron chi connectivity index (χ3n) is 3.13. The fraction of sp³-hybridized carbons (Fsp3) is 0.133. The number of halogens is 2. The number of rotatable bonds is 5. The van der Waals surface area contributed by atoms with Crippen LogP contribution >= 0.6 is 23.2 Å². The van der Waals surface area contributed by atoms with Gasteiger partial charge in [0, 0.05) is 12.1 Å². The highest BCUT2D eigenvalue weighted by Gasteiger charge is 2.09. The highest BCUT2D eigenvalue weighted by Crippen LogP contribution is 2.22. The van der Waals surface area contributed by atoms with Gasteiger partial charge in [-0.05, 0) is 42.3 Å². The quantitative estimate of drug-likeness (QED) is 0.844. The lowest BCUT2D eigenvalue weighted by Crippen LogP contribution is -2.25. The Kier molecular flexibility index (Phi) is 5.64. The molecule has 0 aliphatic carbocycles. The van der Waals surface area contributed by atoms with Crippen LogP contribution in [0.2, 0.25) is 10.0 Å². The third kappa shape index (κ3) is 4.94. The van der Waals surface area contributed by atoms with E-state index in [9.17, 15) is 13.2 Å². The second-order valence-electron chi connectivity index (χ2n) is 4.82. The molecule has 0 saturated heterocycles. The molecule has 0 unspecified atom stereocenters. The largest absolute Gasteiger partial charge is 0.352 e. The van der Waals surface area contributed by atoms with Gasteiger partial charge < -0.3 is 5.32 Å². The molecule has 0 spiro atoms. The maximum atomic E-state index is 12.0. The molecule has 0 aliphatic heterocycles. The van der Waals surface area contributed by atoms with E-state index in [1.165, 1.54) is 18.2 Å². The van der Waals surface area contributed by atoms with Crippen molar-refractivity contribution in [3.8, 4) is 0 Å². The van der Waals surface area contributed by atoms with Crippen LogP contribution in [0.4, 0.5) is 0 Å². The topological polar surface area (TPSA) is 89.3 Å². The van der Waals surface area contributed by atoms with E-state index in [1.807, 2.05) is 0 Å². The minimum Gasteiger partial charge on any atom is -0.352 e. The summed E-state index contributed by atoms with van der Waals surface area (Å²) in [4.78, 5) is 12.0. The lowest BCUT2D eigenvalue weighted by Gasteiger charge is -2.07. The second kappa shape index (κ2) is 7.31. The maximum Gasteiger partial charge on any atom is 0.251 e. The van der Waals surface area contributed by atoms with E-state index in [2.05, 4.69) is 5.32 Å². The van der Waals surface area contributed by atoms with Crippen LogP contribution in [0.5, 0.6) is 0 Å². The molecule has 0 heterocycles. The average Bonchev–Trinajstić information content (AvgIpc) is 2.49. The Balaban J connectivity index is 1.91. The van der Waals surface area contributed by atoms with E-state index in [4.69, 9.17) is 28.3 Å². The fourth-order valence-electron chi connectivity index (χ4n) is 1.91. The van der Waals surface area contributed by atoms with E-state index in [-0.39, 0.29) is 10.8 Å². The van der Waals surface area contributed by atoms with Gasteiger partial charge in [0.15, 0.2) is 0 Å². The van der Waals surface area contributed by atoms with Crippen LogP contribution in [0, 0.1) is 0 Å². The monoisotopic (exact) mass is 372 g/mol. The van der Waals surface area contributed by atoms with E-state index in [0.717, 1.165) is 5.56 Å². The molecular weight excluding hydrogens is 359 g/mol. The number of hydrogen-bond donors (Lipinski definition) is 2. The van der Waals surface area contributed by atoms with Crippen LogP contribution in [0.3, 0.4) is 0 Å². The molecule has 0 aromatic heterocycles. The normalized spacial score (nSPS) is 11.3. The van der Waals surface area contributed by atoms with Crippen LogP contribution < -0.4 is 10.5 Å². The molecule has 0 aliphatic rings. The van der Waals surface area contributed by atoms with Crippen molar-refractivity contribution >= 4 is 39.1 Å². The molecule has 0 bridgehead atoms. The van der Waals surface area contributed by atoms with E-state index >= 15 is 0 Å². The summed E-state index contributed by atoms with van der Waals surface area (Å²) in [6.07, 6.45) is 0.554. The van der Waals surface area contributed by atoms with E-state index in [0.29, 0.717) is 28.6 Å². The summed E-state index contributed by atoms with van der Waals surface area (Å²) in [6.45, 7) is 0.397. The lowest BCUT2D eigenvalue weighted by molar-refractivity contribution is 0.0954. The van der Waals surface area contributed by atoms with Gasteiger partial charge in [-0.15, -0.1) is 0 Å². The van der Waals surface area contributed by atoms with Crippen molar-refractivity contribution in [2.45, 2.75) is 11.3 Å². The first-order valence-corrected chi connectivity index (χ1v) is 8.92. The van der Waals surface area contributed by atoms with Gasteiger partial charge in [0.25, 0.3) is 5.91 Å². The first kappa shape index (κ1) is 17.7. The number of carbonyl (C=O) groups is 1. The summed E-state index contributed by atoms with van der Waals surface area (Å²) in [5.74, 6) is -0.260. The molecule has 122 valence electrons. The van der Waals surface area contributed by atoms with Crippen molar-refractivity contribution in [2.24, 2.45) is 5.14 Å². The molecule has 0 radical (unpaired) electrons. The van der Waals surface area contributed by atoms with Gasteiger partial charge in [0.05, 0.1) is 14.9 Å². The number of sulfonamides is 1. The first-order chi connectivity index (χ1) is 10.8. The second-order valence-corrected chi connectivity index (χ2v) is 7.20. The fourth-order valence-corrected chi connectivity index (χ4v) is 2.72. The summed E-state index contributed by atoms with van der Waals surface area (Å²) in [5.41, 5.74) is 1.30. The van der Waals surface area contributed by atoms with Gasteiger partial charge in [0.2, 0.25) is 10.0 Å². The van der Waals surface area contributed by atoms with E-state index < -0.39 is 10.0 Å². The standard InChI is InChI=1S/C15H14Cl2N2O3S/c16-13-6-3-11(9-14(13)17)15(20)19-8-7-10-1-4-12(5-2-10)23(18,21)22/h1-6,9H,7-8H2,(H,19,20)(H2,18,21,22). The van der Waals surface area contributed by atoms with Crippen LogP contribution in [0.15, 0.2) is 47.4 Å². The zero-order valence-corrected chi connectivity index (χ0v) is 14.3. The van der Waals surface area contributed by atoms with Crippen molar-refractivity contribution < 1.29 is 13.2 Å². The van der Waals surface area contributed by atoms with Crippen LogP contribution in [0.25, 0.3) is 0 Å². The zero-order chi connectivity index (χ0) is 17.0. The summed E-state index contributed by atoms with van der Waals surface area (Å²) in [5, 5.41) is 8.49. The zero-order valence-electron chi connectivity index (χ0n) is 11.9. The van der Waals surface area contributed by atoms with Crippen LogP contribution in [-0.2, 0) is 16.4 Å². The van der Waals surface area contributed by atoms with Crippen molar-refractivity contribution in [1.82, 2.24) is 5.32 Å². The number of amides is 1. The number of carbonyl (C=O) groups excluding carboxylic acids is 1. The molecule has 2 rings (SSSR count). The molecule has 0 saturated carbocycles. The van der Waals surface area contributed by atoms with E-state index in [1.54, 1.807) is 24.3 Å². The molecule has 0 fully saturated rings. The summed E-state index contributed by atoms with van der Waals surface area (Å²) < 4.78 is 22.3. The minimum absolute atomic E-state index is 0.0566. The number of nitrogens with one attached hydrogen (secondary N) is 1. The van der Waals surface area contributed by atoms with Crippen LogP contribution in [-0.4, -0.2) is 20.9 Å². The number of nitrogens with two attached hydrogens (primary N) is 1. The Labute approximate surface area is 144 Å². The minimum atomic E-state index is -3.69. The van der Waals surface area contributed by atoms with Crippen LogP contribution in [0.1, 0.15) is 15.9 Å². The number of benzene rings is 2. The van der Waals surface area contributed by atoms with Gasteiger partial charge in [0.1, 0.15) is 0 Å². The van der Waals surface area contributed by atoms with Gasteiger partial charge in [-0.1, -0.05) is 35.3 Å². The summed E-state index contributed by atoms with van der Waals surface area (Å²) in [7, 11) is -3.69. The molecule has 2 aromatic rings. The molecule has 1 amide bonds. The Hall–Kier alpha value is -1.60. The molecule has 23 heavy (non-hydrogen) atoms. The predicted molar refractivity (Wildman–Crippen MR) is 90.3 cm³/mol. The number of primary sulfonamides is 1. The maximum absolute atomic E-state index is 12.0. The van der Waals surface area contributed by atoms with Gasteiger partial charge >= 0.3 is 0 Å². The Morgan fingerprint density at radius 1 is 1.04 bits per heavy atom. The molecule has 3 N–H and O–H groups in total. The number of hydrogen-bond acceptors (Lipinski definition) is 3. The summed E-state index contributed by atoms with van der Waals surface area (Å²) in [6, 6.07) is 10.8. The highest BCUT2D eigenvalue weighted by molar-refractivity contribution is 7.89. The Bertz CT molecular complexity index is 821. The molecular formula is C15H14Cl2N2O3S. The van der Waals surface area contributed by atoms with Gasteiger partial charge in [-0.2, -0.15) is 0 Å². The third-order valence-corrected chi connectivity index (χ3v) is 4.80. The molecule has 5 nitrogen and oxygen atoms in total. The Morgan fingerprint density at radius 3 is 2.26 bits per heavy atom. The molecule has 0 atom stereocenters. The van der Waals surface area contributed by atoms with Gasteiger partial charge in [-0.3, -0.25) is 4.79 Å². The molecule has 8 heteroatoms. The van der Waals surface area contributed by atoms with Gasteiger partial charge in [-0.25, -0.2) is 13.6 Å². The Morgan fingerprint density at radius 2 is 1.70 bits per heavy atom. The van der Waals surface area contributed by atoms with Crippen molar-refractivity contribution in [3.05, 3.63) is 63.6 Å². The van der Waals surface area contributed by atoms with Crippen molar-refractivity contribution in [2.75, 3.05) is 6.54 Å². The highest BCUT2D eigenvalue weighted by atomic mass is 35.5. The van der Waals surface area contributed by atoms with Crippen molar-refractivity contribution in [1.29, 1.82) is 0 Å².